The van der Waals surface area contributed by atoms with Crippen LogP contribution in [0.1, 0.15) is 33.5 Å². The lowest BCUT2D eigenvalue weighted by molar-refractivity contribution is 1.32. The Morgan fingerprint density at radius 3 is 1.76 bits per heavy atom. The molecule has 0 saturated carbocycles. The predicted octanol–water partition coefficient (Wildman–Crippen LogP) is 9.80. The number of allylic oxidation sites excluding steroid dienone is 2. The Balaban J connectivity index is 1.55. The van der Waals surface area contributed by atoms with Crippen molar-refractivity contribution in [2.75, 3.05) is 0 Å². The third kappa shape index (κ3) is 4.64. The number of benzene rings is 5. The quantitative estimate of drug-likeness (QED) is 0.232. The lowest BCUT2D eigenvalue weighted by atomic mass is 9.92. The second-order valence-corrected chi connectivity index (χ2v) is 10.7. The van der Waals surface area contributed by atoms with Crippen molar-refractivity contribution >= 4 is 27.6 Å². The Morgan fingerprint density at radius 1 is 0.537 bits per heavy atom. The van der Waals surface area contributed by atoms with Crippen LogP contribution in [0.2, 0.25) is 0 Å². The lowest BCUT2D eigenvalue weighted by Crippen LogP contribution is -1.96. The number of hydrogen-bond acceptors (Lipinski definition) is 1. The molecule has 1 aliphatic rings. The van der Waals surface area contributed by atoms with Gasteiger partial charge < -0.3 is 4.98 Å². The fourth-order valence-corrected chi connectivity index (χ4v) is 5.65. The van der Waals surface area contributed by atoms with Gasteiger partial charge in [0.2, 0.25) is 0 Å². The van der Waals surface area contributed by atoms with Crippen LogP contribution in [-0.4, -0.2) is 10.7 Å². The van der Waals surface area contributed by atoms with E-state index in [0.717, 1.165) is 50.6 Å². The van der Waals surface area contributed by atoms with Gasteiger partial charge in [-0.15, -0.1) is 0 Å². The second kappa shape index (κ2) is 10.4. The third-order valence-electron chi connectivity index (χ3n) is 7.81. The van der Waals surface area contributed by atoms with Crippen molar-refractivity contribution in [3.05, 3.63) is 179 Å². The molecule has 0 saturated heterocycles. The number of rotatable bonds is 5. The molecule has 2 heterocycles. The summed E-state index contributed by atoms with van der Waals surface area (Å²) < 4.78 is 0. The number of aromatic nitrogens is 1. The minimum atomic E-state index is 0.972. The average molecular weight is 527 g/mol. The number of fused-ring (bicyclic) bond motifs is 1. The largest absolute Gasteiger partial charge is 0.353 e. The van der Waals surface area contributed by atoms with Gasteiger partial charge in [0.15, 0.2) is 0 Å². The highest BCUT2D eigenvalue weighted by atomic mass is 14.8. The Bertz CT molecular complexity index is 1950. The van der Waals surface area contributed by atoms with Crippen LogP contribution in [0.4, 0.5) is 0 Å². The summed E-state index contributed by atoms with van der Waals surface area (Å²) in [6, 6.07) is 47.3. The van der Waals surface area contributed by atoms with E-state index < -0.39 is 0 Å². The highest BCUT2D eigenvalue weighted by molar-refractivity contribution is 6.20. The van der Waals surface area contributed by atoms with E-state index in [2.05, 4.69) is 152 Å². The molecule has 6 aromatic rings. The van der Waals surface area contributed by atoms with Crippen molar-refractivity contribution < 1.29 is 0 Å². The molecule has 0 radical (unpaired) electrons. The monoisotopic (exact) mass is 526 g/mol. The first kappa shape index (κ1) is 24.8. The van der Waals surface area contributed by atoms with E-state index in [1.165, 1.54) is 27.5 Å². The van der Waals surface area contributed by atoms with Crippen LogP contribution in [0, 0.1) is 13.8 Å². The molecule has 1 aliphatic heterocycles. The maximum atomic E-state index is 5.38. The van der Waals surface area contributed by atoms with Crippen LogP contribution < -0.4 is 0 Å². The van der Waals surface area contributed by atoms with Gasteiger partial charge in [-0.2, -0.15) is 0 Å². The van der Waals surface area contributed by atoms with Crippen molar-refractivity contribution in [3.8, 4) is 11.3 Å². The summed E-state index contributed by atoms with van der Waals surface area (Å²) in [7, 11) is 0. The summed E-state index contributed by atoms with van der Waals surface area (Å²) in [5, 5.41) is 2.38. The maximum absolute atomic E-state index is 5.38. The normalized spacial score (nSPS) is 14.2. The molecule has 0 spiro atoms. The first-order valence-electron chi connectivity index (χ1n) is 14.1. The molecule has 0 unspecified atom stereocenters. The van der Waals surface area contributed by atoms with E-state index in [9.17, 15) is 0 Å². The van der Waals surface area contributed by atoms with Crippen molar-refractivity contribution in [3.63, 3.8) is 0 Å². The van der Waals surface area contributed by atoms with Crippen LogP contribution in [0.3, 0.4) is 0 Å². The van der Waals surface area contributed by atoms with Crippen molar-refractivity contribution in [1.82, 2.24) is 4.98 Å². The van der Waals surface area contributed by atoms with Crippen LogP contribution in [0.25, 0.3) is 33.2 Å². The number of aliphatic imine (C=N–C) groups is 1. The second-order valence-electron chi connectivity index (χ2n) is 10.7. The fraction of sp³-hybridized carbons (Fsp3) is 0.0513. The minimum absolute atomic E-state index is 0.972. The molecule has 0 fully saturated rings. The number of H-pyrrole nitrogens is 1. The molecule has 1 aromatic heterocycles. The zero-order valence-corrected chi connectivity index (χ0v) is 23.2. The molecule has 41 heavy (non-hydrogen) atoms. The number of aromatic amines is 1. The summed E-state index contributed by atoms with van der Waals surface area (Å²) in [5.74, 6) is 0. The van der Waals surface area contributed by atoms with Crippen LogP contribution in [0.5, 0.6) is 0 Å². The van der Waals surface area contributed by atoms with Gasteiger partial charge in [-0.05, 0) is 36.6 Å². The molecule has 2 heteroatoms. The van der Waals surface area contributed by atoms with Gasteiger partial charge in [0.1, 0.15) is 0 Å². The van der Waals surface area contributed by atoms with Crippen molar-refractivity contribution in [2.24, 2.45) is 4.99 Å². The average Bonchev–Trinajstić information content (AvgIpc) is 3.62. The third-order valence-corrected chi connectivity index (χ3v) is 7.81. The van der Waals surface area contributed by atoms with Crippen LogP contribution >= 0.6 is 0 Å². The number of aryl methyl sites for hydroxylation is 2. The first-order chi connectivity index (χ1) is 20.2. The molecule has 7 rings (SSSR count). The first-order valence-corrected chi connectivity index (χ1v) is 14.1. The lowest BCUT2D eigenvalue weighted by Gasteiger charge is -2.14. The highest BCUT2D eigenvalue weighted by Crippen LogP contribution is 2.43. The predicted molar refractivity (Wildman–Crippen MR) is 173 cm³/mol. The van der Waals surface area contributed by atoms with Gasteiger partial charge in [0, 0.05) is 27.5 Å². The summed E-state index contributed by atoms with van der Waals surface area (Å²) in [6.07, 6.45) is 2.24. The molecular weight excluding hydrogens is 496 g/mol. The van der Waals surface area contributed by atoms with Gasteiger partial charge >= 0.3 is 0 Å². The fourth-order valence-electron chi connectivity index (χ4n) is 5.65. The molecular formula is C39H30N2. The van der Waals surface area contributed by atoms with Gasteiger partial charge in [0.05, 0.1) is 22.8 Å². The highest BCUT2D eigenvalue weighted by Gasteiger charge is 2.25. The molecule has 0 aliphatic carbocycles. The minimum Gasteiger partial charge on any atom is -0.353 e. The van der Waals surface area contributed by atoms with Crippen LogP contribution in [0.15, 0.2) is 150 Å². The molecule has 5 aromatic carbocycles. The number of nitrogens with one attached hydrogen (secondary N) is 1. The Labute approximate surface area is 241 Å². The van der Waals surface area contributed by atoms with Crippen molar-refractivity contribution in [1.29, 1.82) is 0 Å². The zero-order chi connectivity index (χ0) is 27.8. The molecule has 0 atom stereocenters. The number of hydrogen-bond donors (Lipinski definition) is 1. The van der Waals surface area contributed by atoms with E-state index in [-0.39, 0.29) is 0 Å². The van der Waals surface area contributed by atoms with Gasteiger partial charge in [-0.3, -0.25) is 0 Å². The van der Waals surface area contributed by atoms with E-state index in [0.29, 0.717) is 0 Å². The zero-order valence-electron chi connectivity index (χ0n) is 23.2. The summed E-state index contributed by atoms with van der Waals surface area (Å²) in [6.45, 7) is 4.25. The standard InChI is InChI=1S/C39H30N2/c1-26-17-21-28(22-18-26)34-25-35(29-11-5-3-6-12-29)40-39(34)36(30-13-7-4-8-14-30)38-33-16-10-9-15-32(33)37(41-38)31-23-19-27(2)20-24-31/h3-25,41H,1-2H3/b39-36-. The SMILES string of the molecule is Cc1ccc(C2=CC(c3ccccc3)=N/C2=C(/c2ccccc2)c2[nH]c(-c3ccc(C)cc3)c3ccccc23)cc1. The van der Waals surface area contributed by atoms with Crippen LogP contribution in [-0.2, 0) is 0 Å². The molecule has 1 N–H and O–H groups in total. The van der Waals surface area contributed by atoms with E-state index in [1.807, 2.05) is 6.07 Å². The summed E-state index contributed by atoms with van der Waals surface area (Å²) >= 11 is 0. The summed E-state index contributed by atoms with van der Waals surface area (Å²) in [5.41, 5.74) is 13.4. The summed E-state index contributed by atoms with van der Waals surface area (Å²) in [4.78, 5) is 9.26. The van der Waals surface area contributed by atoms with E-state index >= 15 is 0 Å². The molecule has 0 amide bonds. The molecule has 196 valence electrons. The maximum Gasteiger partial charge on any atom is 0.0815 e. The van der Waals surface area contributed by atoms with Gasteiger partial charge in [-0.25, -0.2) is 4.99 Å². The Hall–Kier alpha value is -5.21. The van der Waals surface area contributed by atoms with E-state index in [1.54, 1.807) is 0 Å². The van der Waals surface area contributed by atoms with Gasteiger partial charge in [-0.1, -0.05) is 145 Å². The number of nitrogens with zero attached hydrogens (tertiary/aromatic N) is 1. The topological polar surface area (TPSA) is 28.1 Å². The smallest absolute Gasteiger partial charge is 0.0815 e. The Kier molecular flexibility index (Phi) is 6.29. The molecule has 0 bridgehead atoms. The van der Waals surface area contributed by atoms with Gasteiger partial charge in [0.25, 0.3) is 0 Å². The molecule has 2 nitrogen and oxygen atoms in total. The van der Waals surface area contributed by atoms with Crippen molar-refractivity contribution in [2.45, 2.75) is 13.8 Å². The Morgan fingerprint density at radius 2 is 1.10 bits per heavy atom. The van der Waals surface area contributed by atoms with E-state index in [4.69, 9.17) is 4.99 Å².